The summed E-state index contributed by atoms with van der Waals surface area (Å²) in [6, 6.07) is 11.5. The molecule has 0 spiro atoms. The summed E-state index contributed by atoms with van der Waals surface area (Å²) in [7, 11) is 1.63. The molecular weight excluding hydrogens is 424 g/mol. The summed E-state index contributed by atoms with van der Waals surface area (Å²) in [5, 5.41) is 3.73. The van der Waals surface area contributed by atoms with E-state index in [1.54, 1.807) is 18.1 Å². The van der Waals surface area contributed by atoms with Gasteiger partial charge in [-0.05, 0) is 29.7 Å². The second-order valence-corrected chi connectivity index (χ2v) is 9.24. The van der Waals surface area contributed by atoms with E-state index in [1.807, 2.05) is 41.3 Å². The van der Waals surface area contributed by atoms with E-state index in [2.05, 4.69) is 10.3 Å². The van der Waals surface area contributed by atoms with Crippen molar-refractivity contribution in [3.8, 4) is 0 Å². The van der Waals surface area contributed by atoms with Crippen LogP contribution < -0.4 is 5.32 Å². The van der Waals surface area contributed by atoms with E-state index >= 15 is 0 Å². The second-order valence-electron chi connectivity index (χ2n) is 8.24. The van der Waals surface area contributed by atoms with Crippen LogP contribution in [0.25, 0.3) is 10.2 Å². The molecule has 2 aliphatic heterocycles. The fourth-order valence-corrected chi connectivity index (χ4v) is 5.92. The van der Waals surface area contributed by atoms with Gasteiger partial charge in [-0.2, -0.15) is 0 Å². The summed E-state index contributed by atoms with van der Waals surface area (Å²) in [5.41, 5.74) is 2.75. The first-order valence-corrected chi connectivity index (χ1v) is 11.6. The third-order valence-corrected chi connectivity index (χ3v) is 7.51. The van der Waals surface area contributed by atoms with Crippen molar-refractivity contribution in [1.29, 1.82) is 0 Å². The van der Waals surface area contributed by atoms with Gasteiger partial charge >= 0.3 is 0 Å². The average molecular weight is 449 g/mol. The zero-order valence-electron chi connectivity index (χ0n) is 17.8. The summed E-state index contributed by atoms with van der Waals surface area (Å²) in [5.74, 6) is 0.0392. The maximum atomic E-state index is 12.9. The molecule has 1 saturated heterocycles. The molecule has 2 aliphatic rings. The smallest absolute Gasteiger partial charge is 0.261 e. The Morgan fingerprint density at radius 3 is 2.88 bits per heavy atom. The van der Waals surface area contributed by atoms with Crippen molar-refractivity contribution in [3.05, 3.63) is 64.2 Å². The Hall–Kier alpha value is -3.26. The molecule has 1 fully saturated rings. The topological polar surface area (TPSA) is 82.6 Å². The first kappa shape index (κ1) is 20.6. The van der Waals surface area contributed by atoms with E-state index in [4.69, 9.17) is 0 Å². The number of nitrogens with one attached hydrogen (secondary N) is 1. The number of carbonyl (C=O) groups is 3. The lowest BCUT2D eigenvalue weighted by atomic mass is 9.95. The number of rotatable bonds is 5. The normalized spacial score (nSPS) is 17.8. The van der Waals surface area contributed by atoms with E-state index in [1.165, 1.54) is 11.3 Å². The fraction of sp³-hybridized carbons (Fsp3) is 0.333. The zero-order valence-corrected chi connectivity index (χ0v) is 18.7. The maximum absolute atomic E-state index is 12.9. The Balaban J connectivity index is 1.27. The molecule has 0 saturated carbocycles. The second kappa shape index (κ2) is 8.35. The van der Waals surface area contributed by atoms with Gasteiger partial charge in [0.1, 0.15) is 4.83 Å². The number of hydrogen-bond acceptors (Lipinski definition) is 5. The van der Waals surface area contributed by atoms with Gasteiger partial charge in [-0.1, -0.05) is 24.3 Å². The number of amides is 3. The number of benzene rings is 1. The monoisotopic (exact) mass is 448 g/mol. The molecule has 32 heavy (non-hydrogen) atoms. The van der Waals surface area contributed by atoms with Crippen LogP contribution in [0.15, 0.2) is 42.6 Å². The number of hydrogen-bond donors (Lipinski definition) is 1. The lowest BCUT2D eigenvalue weighted by Crippen LogP contribution is -2.33. The van der Waals surface area contributed by atoms with Gasteiger partial charge in [-0.3, -0.25) is 14.4 Å². The standard InChI is InChI=1S/C24H24N4O3S/c1-25-22(30)21-20(18-7-4-10-26-23(18)32-21)16-8-11-27(14-16)19(29)9-12-28-13-15-5-2-3-6-17(15)24(28)31/h2-7,10,16H,8-9,11-14H2,1H3,(H,25,30)/t16-/m1/s1. The van der Waals surface area contributed by atoms with Gasteiger partial charge in [0.2, 0.25) is 5.91 Å². The van der Waals surface area contributed by atoms with Gasteiger partial charge in [0.15, 0.2) is 0 Å². The van der Waals surface area contributed by atoms with Crippen LogP contribution in [-0.2, 0) is 11.3 Å². The number of likely N-dealkylation sites (tertiary alicyclic amines) is 1. The maximum Gasteiger partial charge on any atom is 0.261 e. The molecule has 3 aromatic rings. The number of fused-ring (bicyclic) bond motifs is 2. The number of thiophene rings is 1. The Labute approximate surface area is 190 Å². The van der Waals surface area contributed by atoms with Crippen molar-refractivity contribution in [1.82, 2.24) is 20.1 Å². The first-order chi connectivity index (χ1) is 15.6. The summed E-state index contributed by atoms with van der Waals surface area (Å²) in [6.45, 7) is 2.22. The van der Waals surface area contributed by atoms with Crippen LogP contribution in [0.3, 0.4) is 0 Å². The van der Waals surface area contributed by atoms with Crippen LogP contribution in [0.5, 0.6) is 0 Å². The molecule has 1 N–H and O–H groups in total. The minimum absolute atomic E-state index is 0.000149. The molecule has 7 nitrogen and oxygen atoms in total. The molecule has 0 unspecified atom stereocenters. The summed E-state index contributed by atoms with van der Waals surface area (Å²) in [4.78, 5) is 47.6. The third kappa shape index (κ3) is 3.54. The molecule has 2 aromatic heterocycles. The number of aromatic nitrogens is 1. The third-order valence-electron chi connectivity index (χ3n) is 6.38. The van der Waals surface area contributed by atoms with Crippen molar-refractivity contribution < 1.29 is 14.4 Å². The Kier molecular flexibility index (Phi) is 5.38. The Morgan fingerprint density at radius 2 is 2.06 bits per heavy atom. The Bertz CT molecular complexity index is 1220. The van der Waals surface area contributed by atoms with E-state index < -0.39 is 0 Å². The fourth-order valence-electron chi connectivity index (χ4n) is 4.74. The molecule has 3 amide bonds. The van der Waals surface area contributed by atoms with Gasteiger partial charge < -0.3 is 15.1 Å². The summed E-state index contributed by atoms with van der Waals surface area (Å²) in [6.07, 6.45) is 2.85. The van der Waals surface area contributed by atoms with Crippen LogP contribution in [0.1, 0.15) is 49.9 Å². The highest BCUT2D eigenvalue weighted by Gasteiger charge is 2.33. The highest BCUT2D eigenvalue weighted by Crippen LogP contribution is 2.39. The summed E-state index contributed by atoms with van der Waals surface area (Å²) < 4.78 is 0. The molecule has 4 heterocycles. The largest absolute Gasteiger partial charge is 0.354 e. The van der Waals surface area contributed by atoms with E-state index in [0.717, 1.165) is 33.3 Å². The van der Waals surface area contributed by atoms with Crippen molar-refractivity contribution >= 4 is 39.3 Å². The molecule has 0 aliphatic carbocycles. The lowest BCUT2D eigenvalue weighted by molar-refractivity contribution is -0.130. The molecule has 8 heteroatoms. The van der Waals surface area contributed by atoms with Gasteiger partial charge in [-0.25, -0.2) is 4.98 Å². The van der Waals surface area contributed by atoms with Gasteiger partial charge in [0.05, 0.1) is 4.88 Å². The molecule has 5 rings (SSSR count). The number of nitrogens with zero attached hydrogens (tertiary/aromatic N) is 3. The van der Waals surface area contributed by atoms with Gasteiger partial charge in [-0.15, -0.1) is 11.3 Å². The van der Waals surface area contributed by atoms with Crippen LogP contribution in [-0.4, -0.2) is 59.2 Å². The molecule has 1 aromatic carbocycles. The molecule has 1 atom stereocenters. The Morgan fingerprint density at radius 1 is 1.22 bits per heavy atom. The predicted molar refractivity (Wildman–Crippen MR) is 123 cm³/mol. The average Bonchev–Trinajstić information content (AvgIpc) is 3.52. The minimum Gasteiger partial charge on any atom is -0.354 e. The van der Waals surface area contributed by atoms with Gasteiger partial charge in [0, 0.05) is 62.7 Å². The zero-order chi connectivity index (χ0) is 22.2. The SMILES string of the molecule is CNC(=O)c1sc2ncccc2c1[C@@H]1CCN(C(=O)CCN2Cc3ccccc3C2=O)C1. The van der Waals surface area contributed by atoms with E-state index in [-0.39, 0.29) is 23.6 Å². The first-order valence-electron chi connectivity index (χ1n) is 10.8. The number of carbonyl (C=O) groups excluding carboxylic acids is 3. The quantitative estimate of drug-likeness (QED) is 0.651. The van der Waals surface area contributed by atoms with E-state index in [9.17, 15) is 14.4 Å². The van der Waals surface area contributed by atoms with E-state index in [0.29, 0.717) is 37.5 Å². The van der Waals surface area contributed by atoms with Crippen LogP contribution in [0.2, 0.25) is 0 Å². The van der Waals surface area contributed by atoms with Crippen LogP contribution in [0, 0.1) is 0 Å². The van der Waals surface area contributed by atoms with Gasteiger partial charge in [0.25, 0.3) is 11.8 Å². The highest BCUT2D eigenvalue weighted by molar-refractivity contribution is 7.20. The molecule has 164 valence electrons. The van der Waals surface area contributed by atoms with Crippen molar-refractivity contribution in [3.63, 3.8) is 0 Å². The van der Waals surface area contributed by atoms with Crippen molar-refractivity contribution in [2.75, 3.05) is 26.7 Å². The summed E-state index contributed by atoms with van der Waals surface area (Å²) >= 11 is 1.40. The van der Waals surface area contributed by atoms with Crippen molar-refractivity contribution in [2.45, 2.75) is 25.3 Å². The molecular formula is C24H24N4O3S. The highest BCUT2D eigenvalue weighted by atomic mass is 32.1. The minimum atomic E-state index is -0.111. The molecule has 0 bridgehead atoms. The van der Waals surface area contributed by atoms with Crippen molar-refractivity contribution in [2.24, 2.45) is 0 Å². The number of pyridine rings is 1. The van der Waals surface area contributed by atoms with Crippen LogP contribution in [0.4, 0.5) is 0 Å². The predicted octanol–water partition coefficient (Wildman–Crippen LogP) is 3.02. The lowest BCUT2D eigenvalue weighted by Gasteiger charge is -2.20. The molecule has 0 radical (unpaired) electrons. The van der Waals surface area contributed by atoms with Crippen LogP contribution >= 0.6 is 11.3 Å².